The fourth-order valence-electron chi connectivity index (χ4n) is 2.73. The molecule has 1 N–H and O–H groups in total. The van der Waals surface area contributed by atoms with E-state index in [1.807, 2.05) is 4.90 Å². The fourth-order valence-corrected chi connectivity index (χ4v) is 2.73. The molecular formula is C13H24N2O2. The topological polar surface area (TPSA) is 41.6 Å². The Morgan fingerprint density at radius 1 is 1.53 bits per heavy atom. The van der Waals surface area contributed by atoms with Crippen molar-refractivity contribution in [3.8, 4) is 0 Å². The van der Waals surface area contributed by atoms with Crippen LogP contribution in [-0.2, 0) is 9.53 Å². The van der Waals surface area contributed by atoms with Crippen molar-refractivity contribution < 1.29 is 9.53 Å². The van der Waals surface area contributed by atoms with Crippen molar-refractivity contribution in [2.75, 3.05) is 32.8 Å². The van der Waals surface area contributed by atoms with Crippen molar-refractivity contribution in [3.05, 3.63) is 0 Å². The summed E-state index contributed by atoms with van der Waals surface area (Å²) < 4.78 is 5.38. The molecule has 2 aliphatic heterocycles. The van der Waals surface area contributed by atoms with Gasteiger partial charge in [0.15, 0.2) is 0 Å². The van der Waals surface area contributed by atoms with Crippen LogP contribution in [0.2, 0.25) is 0 Å². The molecule has 0 aliphatic carbocycles. The zero-order chi connectivity index (χ0) is 12.3. The molecule has 4 nitrogen and oxygen atoms in total. The maximum atomic E-state index is 12.2. The van der Waals surface area contributed by atoms with Gasteiger partial charge in [0.2, 0.25) is 5.91 Å². The van der Waals surface area contributed by atoms with E-state index < -0.39 is 0 Å². The van der Waals surface area contributed by atoms with Crippen LogP contribution in [-0.4, -0.2) is 49.7 Å². The van der Waals surface area contributed by atoms with Crippen molar-refractivity contribution in [1.29, 1.82) is 0 Å². The molecule has 2 fully saturated rings. The number of likely N-dealkylation sites (tertiary alicyclic amines) is 1. The molecule has 1 unspecified atom stereocenters. The number of carbonyl (C=O) groups is 1. The van der Waals surface area contributed by atoms with Crippen molar-refractivity contribution >= 4 is 5.91 Å². The lowest BCUT2D eigenvalue weighted by Gasteiger charge is -2.38. The molecule has 0 saturated carbocycles. The van der Waals surface area contributed by atoms with Crippen LogP contribution in [0, 0.1) is 5.41 Å². The molecule has 2 heterocycles. The second-order valence-electron chi connectivity index (χ2n) is 6.01. The van der Waals surface area contributed by atoms with Crippen LogP contribution < -0.4 is 5.32 Å². The van der Waals surface area contributed by atoms with E-state index in [1.54, 1.807) is 0 Å². The van der Waals surface area contributed by atoms with Gasteiger partial charge in [0.05, 0.1) is 13.2 Å². The number of nitrogens with one attached hydrogen (secondary N) is 1. The number of hydrogen-bond donors (Lipinski definition) is 1. The van der Waals surface area contributed by atoms with E-state index in [4.69, 9.17) is 4.74 Å². The third-order valence-corrected chi connectivity index (χ3v) is 3.67. The first kappa shape index (κ1) is 12.8. The van der Waals surface area contributed by atoms with Crippen molar-refractivity contribution in [2.45, 2.75) is 39.2 Å². The summed E-state index contributed by atoms with van der Waals surface area (Å²) in [7, 11) is 0. The minimum absolute atomic E-state index is 0.210. The number of carbonyl (C=O) groups excluding carboxylic acids is 1. The maximum absolute atomic E-state index is 12.2. The fraction of sp³-hybridized carbons (Fsp3) is 0.923. The summed E-state index contributed by atoms with van der Waals surface area (Å²) in [6.07, 6.45) is 2.94. The van der Waals surface area contributed by atoms with E-state index >= 15 is 0 Å². The molecule has 0 spiro atoms. The largest absolute Gasteiger partial charge is 0.378 e. The predicted molar refractivity (Wildman–Crippen MR) is 66.8 cm³/mol. The van der Waals surface area contributed by atoms with Gasteiger partial charge in [0.25, 0.3) is 0 Å². The zero-order valence-electron chi connectivity index (χ0n) is 11.0. The lowest BCUT2D eigenvalue weighted by atomic mass is 9.84. The smallest absolute Gasteiger partial charge is 0.224 e. The first-order chi connectivity index (χ1) is 8.07. The summed E-state index contributed by atoms with van der Waals surface area (Å²) in [5.41, 5.74) is 0.282. The average Bonchev–Trinajstić information content (AvgIpc) is 2.29. The molecule has 4 heteroatoms. The summed E-state index contributed by atoms with van der Waals surface area (Å²) in [5, 5.41) is 3.34. The second kappa shape index (κ2) is 5.36. The van der Waals surface area contributed by atoms with Crippen molar-refractivity contribution in [3.63, 3.8) is 0 Å². The van der Waals surface area contributed by atoms with Crippen molar-refractivity contribution in [2.24, 2.45) is 5.41 Å². The maximum Gasteiger partial charge on any atom is 0.224 e. The van der Waals surface area contributed by atoms with Gasteiger partial charge in [-0.2, -0.15) is 0 Å². The molecule has 98 valence electrons. The molecule has 0 bridgehead atoms. The quantitative estimate of drug-likeness (QED) is 0.783. The summed E-state index contributed by atoms with van der Waals surface area (Å²) in [4.78, 5) is 14.2. The van der Waals surface area contributed by atoms with E-state index in [0.29, 0.717) is 13.0 Å². The number of piperidine rings is 1. The van der Waals surface area contributed by atoms with E-state index in [2.05, 4.69) is 19.2 Å². The molecule has 17 heavy (non-hydrogen) atoms. The standard InChI is InChI=1S/C13H24N2O2/c1-13(2)4-3-6-15(10-13)12(16)8-11-9-17-7-5-14-11/h11,14H,3-10H2,1-2H3. The summed E-state index contributed by atoms with van der Waals surface area (Å²) in [6.45, 7) is 8.62. The van der Waals surface area contributed by atoms with E-state index in [9.17, 15) is 4.79 Å². The number of nitrogens with zero attached hydrogens (tertiary/aromatic N) is 1. The molecule has 2 saturated heterocycles. The Hall–Kier alpha value is -0.610. The van der Waals surface area contributed by atoms with Gasteiger partial charge < -0.3 is 15.0 Å². The molecule has 2 aliphatic rings. The highest BCUT2D eigenvalue weighted by Crippen LogP contribution is 2.28. The predicted octanol–water partition coefficient (Wildman–Crippen LogP) is 1.01. The summed E-state index contributed by atoms with van der Waals surface area (Å²) >= 11 is 0. The number of ether oxygens (including phenoxy) is 1. The Labute approximate surface area is 104 Å². The van der Waals surface area contributed by atoms with Gasteiger partial charge in [-0.15, -0.1) is 0 Å². The highest BCUT2D eigenvalue weighted by Gasteiger charge is 2.30. The highest BCUT2D eigenvalue weighted by molar-refractivity contribution is 5.77. The van der Waals surface area contributed by atoms with Gasteiger partial charge in [0, 0.05) is 32.1 Å². The lowest BCUT2D eigenvalue weighted by molar-refractivity contribution is -0.135. The third kappa shape index (κ3) is 3.68. The zero-order valence-corrected chi connectivity index (χ0v) is 11.0. The van der Waals surface area contributed by atoms with Gasteiger partial charge in [0.1, 0.15) is 0 Å². The third-order valence-electron chi connectivity index (χ3n) is 3.67. The van der Waals surface area contributed by atoms with Crippen LogP contribution in [0.3, 0.4) is 0 Å². The lowest BCUT2D eigenvalue weighted by Crippen LogP contribution is -2.48. The Morgan fingerprint density at radius 2 is 2.35 bits per heavy atom. The number of hydrogen-bond acceptors (Lipinski definition) is 3. The van der Waals surface area contributed by atoms with Crippen LogP contribution in [0.15, 0.2) is 0 Å². The monoisotopic (exact) mass is 240 g/mol. The molecule has 1 amide bonds. The van der Waals surface area contributed by atoms with Crippen LogP contribution in [0.4, 0.5) is 0 Å². The van der Waals surface area contributed by atoms with E-state index in [0.717, 1.165) is 32.7 Å². The van der Waals surface area contributed by atoms with Crippen LogP contribution in [0.5, 0.6) is 0 Å². The second-order valence-corrected chi connectivity index (χ2v) is 6.01. The first-order valence-electron chi connectivity index (χ1n) is 6.66. The Bertz CT molecular complexity index is 273. The van der Waals surface area contributed by atoms with Gasteiger partial charge in [-0.3, -0.25) is 4.79 Å². The molecule has 0 aromatic rings. The van der Waals surface area contributed by atoms with Crippen LogP contribution in [0.1, 0.15) is 33.1 Å². The Balaban J connectivity index is 1.82. The summed E-state index contributed by atoms with van der Waals surface area (Å²) in [6, 6.07) is 0.210. The van der Waals surface area contributed by atoms with Crippen LogP contribution in [0.25, 0.3) is 0 Å². The van der Waals surface area contributed by atoms with Gasteiger partial charge in [-0.25, -0.2) is 0 Å². The van der Waals surface area contributed by atoms with Gasteiger partial charge in [-0.1, -0.05) is 13.8 Å². The molecule has 0 aromatic carbocycles. The van der Waals surface area contributed by atoms with Crippen LogP contribution >= 0.6 is 0 Å². The van der Waals surface area contributed by atoms with E-state index in [1.165, 1.54) is 6.42 Å². The highest BCUT2D eigenvalue weighted by atomic mass is 16.5. The SMILES string of the molecule is CC1(C)CCCN(C(=O)CC2COCCN2)C1. The Morgan fingerprint density at radius 3 is 3.00 bits per heavy atom. The van der Waals surface area contributed by atoms with E-state index in [-0.39, 0.29) is 17.4 Å². The number of rotatable bonds is 2. The number of morpholine rings is 1. The minimum atomic E-state index is 0.210. The molecule has 2 rings (SSSR count). The molecule has 0 radical (unpaired) electrons. The average molecular weight is 240 g/mol. The van der Waals surface area contributed by atoms with Gasteiger partial charge in [-0.05, 0) is 18.3 Å². The minimum Gasteiger partial charge on any atom is -0.378 e. The Kier molecular flexibility index (Phi) is 4.05. The molecule has 1 atom stereocenters. The normalized spacial score (nSPS) is 29.1. The molecule has 0 aromatic heterocycles. The van der Waals surface area contributed by atoms with Gasteiger partial charge >= 0.3 is 0 Å². The summed E-state index contributed by atoms with van der Waals surface area (Å²) in [5.74, 6) is 0.278. The van der Waals surface area contributed by atoms with Crippen molar-refractivity contribution in [1.82, 2.24) is 10.2 Å². The first-order valence-corrected chi connectivity index (χ1v) is 6.66. The molecular weight excluding hydrogens is 216 g/mol. The number of amides is 1.